The van der Waals surface area contributed by atoms with Crippen LogP contribution in [-0.2, 0) is 11.2 Å². The van der Waals surface area contributed by atoms with E-state index in [2.05, 4.69) is 45.0 Å². The van der Waals surface area contributed by atoms with Crippen LogP contribution in [-0.4, -0.2) is 60.0 Å². The number of rotatable bonds is 7. The second-order valence-corrected chi connectivity index (χ2v) is 10.1. The Morgan fingerprint density at radius 2 is 2.07 bits per heavy atom. The lowest BCUT2D eigenvalue weighted by Crippen LogP contribution is -2.42. The van der Waals surface area contributed by atoms with Gasteiger partial charge < -0.3 is 15.1 Å². The van der Waals surface area contributed by atoms with Crippen LogP contribution in [0.4, 0.5) is 5.82 Å². The SMILES string of the molecule is CCc1cc2c(N3CCC(C(=O)NCCCN4CCCC(C)C4)CC3)ncnc2s1. The number of carbonyl (C=O) groups excluding carboxylic acids is 1. The van der Waals surface area contributed by atoms with Crippen molar-refractivity contribution in [2.24, 2.45) is 11.8 Å². The van der Waals surface area contributed by atoms with Crippen molar-refractivity contribution in [1.29, 1.82) is 0 Å². The van der Waals surface area contributed by atoms with E-state index in [9.17, 15) is 4.79 Å². The largest absolute Gasteiger partial charge is 0.356 e. The normalized spacial score (nSPS) is 21.3. The van der Waals surface area contributed by atoms with E-state index >= 15 is 0 Å². The molecule has 2 fully saturated rings. The molecular formula is C23H35N5OS. The maximum atomic E-state index is 12.6. The predicted molar refractivity (Wildman–Crippen MR) is 124 cm³/mol. The van der Waals surface area contributed by atoms with Crippen molar-refractivity contribution in [3.8, 4) is 0 Å². The van der Waals surface area contributed by atoms with Crippen molar-refractivity contribution in [2.45, 2.75) is 52.4 Å². The van der Waals surface area contributed by atoms with Gasteiger partial charge >= 0.3 is 0 Å². The Labute approximate surface area is 184 Å². The third-order valence-electron chi connectivity index (χ3n) is 6.56. The highest BCUT2D eigenvalue weighted by atomic mass is 32.1. The summed E-state index contributed by atoms with van der Waals surface area (Å²) in [5.74, 6) is 2.21. The van der Waals surface area contributed by atoms with E-state index in [1.807, 2.05) is 0 Å². The molecule has 1 unspecified atom stereocenters. The van der Waals surface area contributed by atoms with Crippen molar-refractivity contribution in [3.63, 3.8) is 0 Å². The van der Waals surface area contributed by atoms with Crippen LogP contribution in [0.3, 0.4) is 0 Å². The smallest absolute Gasteiger partial charge is 0.223 e. The molecule has 30 heavy (non-hydrogen) atoms. The maximum absolute atomic E-state index is 12.6. The van der Waals surface area contributed by atoms with Gasteiger partial charge in [0.2, 0.25) is 5.91 Å². The molecule has 1 atom stereocenters. The molecule has 0 radical (unpaired) electrons. The highest BCUT2D eigenvalue weighted by Gasteiger charge is 2.26. The molecule has 6 nitrogen and oxygen atoms in total. The van der Waals surface area contributed by atoms with E-state index in [1.165, 1.54) is 30.8 Å². The minimum Gasteiger partial charge on any atom is -0.356 e. The first-order valence-electron chi connectivity index (χ1n) is 11.6. The van der Waals surface area contributed by atoms with Gasteiger partial charge in [-0.3, -0.25) is 4.79 Å². The van der Waals surface area contributed by atoms with Crippen LogP contribution in [0.2, 0.25) is 0 Å². The number of piperidine rings is 2. The van der Waals surface area contributed by atoms with Crippen LogP contribution < -0.4 is 10.2 Å². The molecular weight excluding hydrogens is 394 g/mol. The number of nitrogens with one attached hydrogen (secondary N) is 1. The molecule has 0 spiro atoms. The molecule has 0 bridgehead atoms. The van der Waals surface area contributed by atoms with E-state index in [-0.39, 0.29) is 11.8 Å². The van der Waals surface area contributed by atoms with Gasteiger partial charge in [0, 0.05) is 37.0 Å². The molecule has 0 aliphatic carbocycles. The molecule has 164 valence electrons. The number of fused-ring (bicyclic) bond motifs is 1. The van der Waals surface area contributed by atoms with Gasteiger partial charge in [-0.15, -0.1) is 11.3 Å². The highest BCUT2D eigenvalue weighted by molar-refractivity contribution is 7.18. The van der Waals surface area contributed by atoms with E-state index in [4.69, 9.17) is 0 Å². The number of amides is 1. The third kappa shape index (κ3) is 5.11. The van der Waals surface area contributed by atoms with Crippen LogP contribution in [0.5, 0.6) is 0 Å². The Morgan fingerprint density at radius 3 is 2.83 bits per heavy atom. The Balaban J connectivity index is 1.22. The van der Waals surface area contributed by atoms with Crippen LogP contribution in [0.25, 0.3) is 10.2 Å². The summed E-state index contributed by atoms with van der Waals surface area (Å²) in [6.07, 6.45) is 8.22. The molecule has 4 heterocycles. The fourth-order valence-corrected chi connectivity index (χ4v) is 5.75. The topological polar surface area (TPSA) is 61.4 Å². The summed E-state index contributed by atoms with van der Waals surface area (Å²) in [6, 6.07) is 2.23. The number of nitrogens with zero attached hydrogens (tertiary/aromatic N) is 4. The number of aromatic nitrogens is 2. The van der Waals surface area contributed by atoms with E-state index in [0.29, 0.717) is 0 Å². The van der Waals surface area contributed by atoms with Gasteiger partial charge in [-0.2, -0.15) is 0 Å². The number of thiophene rings is 1. The van der Waals surface area contributed by atoms with Gasteiger partial charge in [0.05, 0.1) is 5.39 Å². The summed E-state index contributed by atoms with van der Waals surface area (Å²) in [7, 11) is 0. The van der Waals surface area contributed by atoms with Crippen molar-refractivity contribution < 1.29 is 4.79 Å². The zero-order valence-corrected chi connectivity index (χ0v) is 19.2. The quantitative estimate of drug-likeness (QED) is 0.680. The Hall–Kier alpha value is -1.73. The molecule has 0 aromatic carbocycles. The zero-order valence-electron chi connectivity index (χ0n) is 18.4. The highest BCUT2D eigenvalue weighted by Crippen LogP contribution is 2.32. The van der Waals surface area contributed by atoms with Gasteiger partial charge in [-0.05, 0) is 63.6 Å². The van der Waals surface area contributed by atoms with Gasteiger partial charge in [0.1, 0.15) is 17.0 Å². The van der Waals surface area contributed by atoms with Crippen molar-refractivity contribution in [3.05, 3.63) is 17.3 Å². The van der Waals surface area contributed by atoms with E-state index in [0.717, 1.165) is 73.8 Å². The number of likely N-dealkylation sites (tertiary alicyclic amines) is 1. The first kappa shape index (κ1) is 21.5. The molecule has 2 saturated heterocycles. The zero-order chi connectivity index (χ0) is 20.9. The molecule has 2 aromatic heterocycles. The molecule has 2 aromatic rings. The number of hydrogen-bond donors (Lipinski definition) is 1. The average Bonchev–Trinajstić information content (AvgIpc) is 3.20. The third-order valence-corrected chi connectivity index (χ3v) is 7.75. The minimum absolute atomic E-state index is 0.127. The lowest BCUT2D eigenvalue weighted by Gasteiger charge is -2.32. The standard InChI is InChI=1S/C23H35N5OS/c1-3-19-14-20-21(25-16-26-23(20)30-19)28-12-7-18(8-13-28)22(29)24-9-5-11-27-10-4-6-17(2)15-27/h14,16-18H,3-13,15H2,1-2H3,(H,24,29). The number of hydrogen-bond acceptors (Lipinski definition) is 6. The molecule has 4 rings (SSSR count). The monoisotopic (exact) mass is 429 g/mol. The average molecular weight is 430 g/mol. The fourth-order valence-electron chi connectivity index (χ4n) is 4.82. The maximum Gasteiger partial charge on any atom is 0.223 e. The molecule has 0 saturated carbocycles. The van der Waals surface area contributed by atoms with Crippen LogP contribution >= 0.6 is 11.3 Å². The van der Waals surface area contributed by atoms with Gasteiger partial charge in [-0.1, -0.05) is 13.8 Å². The molecule has 2 aliphatic heterocycles. The van der Waals surface area contributed by atoms with Crippen molar-refractivity contribution in [2.75, 3.05) is 44.2 Å². The number of aryl methyl sites for hydroxylation is 1. The van der Waals surface area contributed by atoms with E-state index in [1.54, 1.807) is 17.7 Å². The second-order valence-electron chi connectivity index (χ2n) is 8.94. The van der Waals surface area contributed by atoms with Gasteiger partial charge in [0.25, 0.3) is 0 Å². The predicted octanol–water partition coefficient (Wildman–Crippen LogP) is 3.71. The molecule has 2 aliphatic rings. The first-order chi connectivity index (χ1) is 14.6. The Morgan fingerprint density at radius 1 is 1.23 bits per heavy atom. The van der Waals surface area contributed by atoms with Crippen LogP contribution in [0.15, 0.2) is 12.4 Å². The van der Waals surface area contributed by atoms with Crippen molar-refractivity contribution >= 4 is 33.3 Å². The molecule has 1 N–H and O–H groups in total. The lowest BCUT2D eigenvalue weighted by molar-refractivity contribution is -0.125. The number of carbonyl (C=O) groups is 1. The van der Waals surface area contributed by atoms with Crippen molar-refractivity contribution in [1.82, 2.24) is 20.2 Å². The molecule has 1 amide bonds. The summed E-state index contributed by atoms with van der Waals surface area (Å²) in [5, 5.41) is 4.35. The van der Waals surface area contributed by atoms with Gasteiger partial charge in [0.15, 0.2) is 0 Å². The van der Waals surface area contributed by atoms with Crippen LogP contribution in [0.1, 0.15) is 50.8 Å². The van der Waals surface area contributed by atoms with Crippen LogP contribution in [0, 0.1) is 11.8 Å². The fraction of sp³-hybridized carbons (Fsp3) is 0.696. The van der Waals surface area contributed by atoms with Gasteiger partial charge in [-0.25, -0.2) is 9.97 Å². The number of anilines is 1. The summed E-state index contributed by atoms with van der Waals surface area (Å²) in [5.41, 5.74) is 0. The first-order valence-corrected chi connectivity index (χ1v) is 12.4. The second kappa shape index (κ2) is 10.1. The van der Waals surface area contributed by atoms with E-state index < -0.39 is 0 Å². The lowest BCUT2D eigenvalue weighted by atomic mass is 9.95. The summed E-state index contributed by atoms with van der Waals surface area (Å²) < 4.78 is 0. The Kier molecular flexibility index (Phi) is 7.20. The Bertz CT molecular complexity index is 845. The molecule has 7 heteroatoms. The summed E-state index contributed by atoms with van der Waals surface area (Å²) in [6.45, 7) is 10.6. The summed E-state index contributed by atoms with van der Waals surface area (Å²) in [4.78, 5) is 28.9. The minimum atomic E-state index is 0.127. The summed E-state index contributed by atoms with van der Waals surface area (Å²) >= 11 is 1.76.